The first-order valence-electron chi connectivity index (χ1n) is 6.69. The summed E-state index contributed by atoms with van der Waals surface area (Å²) >= 11 is 0. The summed E-state index contributed by atoms with van der Waals surface area (Å²) in [5.41, 5.74) is 0.505. The van der Waals surface area contributed by atoms with Crippen LogP contribution in [0.3, 0.4) is 0 Å². The molecule has 1 amide bonds. The molecule has 1 rings (SSSR count). The van der Waals surface area contributed by atoms with E-state index in [-0.39, 0.29) is 22.8 Å². The Morgan fingerprint density at radius 1 is 1.32 bits per heavy atom. The minimum absolute atomic E-state index is 0.0524. The van der Waals surface area contributed by atoms with E-state index in [4.69, 9.17) is 10.2 Å². The van der Waals surface area contributed by atoms with Gasteiger partial charge in [0.1, 0.15) is 6.04 Å². The Balaban J connectivity index is 3.17. The minimum atomic E-state index is -4.08. The normalized spacial score (nSPS) is 13.0. The van der Waals surface area contributed by atoms with Gasteiger partial charge in [0.2, 0.25) is 10.0 Å². The number of hydrogen-bond acceptors (Lipinski definition) is 4. The highest BCUT2D eigenvalue weighted by molar-refractivity contribution is 7.89. The van der Waals surface area contributed by atoms with E-state index in [2.05, 4.69) is 5.32 Å². The van der Waals surface area contributed by atoms with Gasteiger partial charge >= 0.3 is 5.97 Å². The van der Waals surface area contributed by atoms with Gasteiger partial charge in [-0.2, -0.15) is 0 Å². The maximum Gasteiger partial charge on any atom is 0.326 e. The molecule has 0 aliphatic rings. The largest absolute Gasteiger partial charge is 0.480 e. The summed E-state index contributed by atoms with van der Waals surface area (Å²) in [6, 6.07) is 3.02. The number of carbonyl (C=O) groups is 2. The highest BCUT2D eigenvalue weighted by atomic mass is 32.2. The first kappa shape index (κ1) is 18.1. The molecular formula is C14H20N2O5S. The molecule has 22 heavy (non-hydrogen) atoms. The zero-order valence-electron chi connectivity index (χ0n) is 12.7. The monoisotopic (exact) mass is 328 g/mol. The third kappa shape index (κ3) is 4.81. The fourth-order valence-electron chi connectivity index (χ4n) is 2.00. The Labute approximate surface area is 129 Å². The van der Waals surface area contributed by atoms with Crippen LogP contribution in [0.25, 0.3) is 0 Å². The lowest BCUT2D eigenvalue weighted by Gasteiger charge is -2.17. The van der Waals surface area contributed by atoms with E-state index < -0.39 is 27.9 Å². The summed E-state index contributed by atoms with van der Waals surface area (Å²) in [5, 5.41) is 16.6. The number of aliphatic carboxylic acids is 1. The number of carboxylic acid groups (broad SMARTS) is 1. The van der Waals surface area contributed by atoms with Gasteiger partial charge in [0.05, 0.1) is 10.5 Å². The molecule has 122 valence electrons. The lowest BCUT2D eigenvalue weighted by Crippen LogP contribution is -2.42. The quantitative estimate of drug-likeness (QED) is 0.714. The molecule has 0 saturated heterocycles. The molecule has 0 aromatic heterocycles. The predicted molar refractivity (Wildman–Crippen MR) is 80.9 cm³/mol. The molecule has 0 aliphatic carbocycles. The van der Waals surface area contributed by atoms with Crippen molar-refractivity contribution < 1.29 is 23.1 Å². The van der Waals surface area contributed by atoms with Crippen molar-refractivity contribution in [3.8, 4) is 0 Å². The second-order valence-corrected chi connectivity index (χ2v) is 7.07. The molecule has 0 heterocycles. The van der Waals surface area contributed by atoms with E-state index in [0.29, 0.717) is 5.56 Å². The molecule has 1 unspecified atom stereocenters. The van der Waals surface area contributed by atoms with Gasteiger partial charge < -0.3 is 10.4 Å². The minimum Gasteiger partial charge on any atom is -0.480 e. The first-order chi connectivity index (χ1) is 10.0. The van der Waals surface area contributed by atoms with Crippen LogP contribution in [0.15, 0.2) is 23.1 Å². The Hall–Kier alpha value is -1.93. The van der Waals surface area contributed by atoms with Gasteiger partial charge in [-0.3, -0.25) is 4.79 Å². The summed E-state index contributed by atoms with van der Waals surface area (Å²) in [4.78, 5) is 23.1. The molecular weight excluding hydrogens is 308 g/mol. The lowest BCUT2D eigenvalue weighted by atomic mass is 10.0. The van der Waals surface area contributed by atoms with Crippen molar-refractivity contribution in [1.29, 1.82) is 0 Å². The van der Waals surface area contributed by atoms with Crippen molar-refractivity contribution >= 4 is 21.9 Å². The number of benzene rings is 1. The fourth-order valence-corrected chi connectivity index (χ4v) is 2.71. The molecule has 7 nitrogen and oxygen atoms in total. The number of nitrogens with two attached hydrogens (primary N) is 1. The van der Waals surface area contributed by atoms with Crippen molar-refractivity contribution in [3.63, 3.8) is 0 Å². The number of amides is 1. The fraction of sp³-hybridized carbons (Fsp3) is 0.429. The van der Waals surface area contributed by atoms with Gasteiger partial charge in [0.25, 0.3) is 5.91 Å². The number of carboxylic acids is 1. The molecule has 8 heteroatoms. The number of nitrogens with one attached hydrogen (secondary N) is 1. The standard InChI is InChI=1S/C14H20N2O5S/c1-8(2)6-11(14(18)19)16-13(17)10-7-9(3)4-5-12(10)22(15,20)21/h4-5,7-8,11H,6H2,1-3H3,(H,16,17)(H,18,19)(H2,15,20,21). The Morgan fingerprint density at radius 2 is 1.91 bits per heavy atom. The maximum atomic E-state index is 12.3. The Morgan fingerprint density at radius 3 is 2.36 bits per heavy atom. The van der Waals surface area contributed by atoms with Crippen LogP contribution < -0.4 is 10.5 Å². The van der Waals surface area contributed by atoms with Crippen molar-refractivity contribution in [2.24, 2.45) is 11.1 Å². The molecule has 0 aliphatic heterocycles. The van der Waals surface area contributed by atoms with Crippen LogP contribution in [0, 0.1) is 12.8 Å². The van der Waals surface area contributed by atoms with E-state index in [0.717, 1.165) is 0 Å². The lowest BCUT2D eigenvalue weighted by molar-refractivity contribution is -0.139. The van der Waals surface area contributed by atoms with Crippen LogP contribution >= 0.6 is 0 Å². The molecule has 0 bridgehead atoms. The Bertz CT molecular complexity index is 682. The smallest absolute Gasteiger partial charge is 0.326 e. The second-order valence-electron chi connectivity index (χ2n) is 5.54. The summed E-state index contributed by atoms with van der Waals surface area (Å²) in [7, 11) is -4.08. The van der Waals surface area contributed by atoms with E-state index in [9.17, 15) is 18.0 Å². The Kier molecular flexibility index (Phi) is 5.67. The number of primary sulfonamides is 1. The molecule has 0 spiro atoms. The van der Waals surface area contributed by atoms with Gasteiger partial charge in [-0.15, -0.1) is 0 Å². The summed E-state index contributed by atoms with van der Waals surface area (Å²) < 4.78 is 23.1. The number of carbonyl (C=O) groups excluding carboxylic acids is 1. The zero-order valence-corrected chi connectivity index (χ0v) is 13.5. The third-order valence-corrected chi connectivity index (χ3v) is 3.97. The number of rotatable bonds is 6. The van der Waals surface area contributed by atoms with Crippen LogP contribution in [0.1, 0.15) is 36.2 Å². The molecule has 1 aromatic rings. The van der Waals surface area contributed by atoms with Crippen LogP contribution in [0.5, 0.6) is 0 Å². The predicted octanol–water partition coefficient (Wildman–Crippen LogP) is 0.872. The molecule has 0 fully saturated rings. The molecule has 1 atom stereocenters. The maximum absolute atomic E-state index is 12.3. The van der Waals surface area contributed by atoms with Crippen molar-refractivity contribution in [3.05, 3.63) is 29.3 Å². The topological polar surface area (TPSA) is 127 Å². The SMILES string of the molecule is Cc1ccc(S(N)(=O)=O)c(C(=O)NC(CC(C)C)C(=O)O)c1. The van der Waals surface area contributed by atoms with Crippen LogP contribution in [-0.2, 0) is 14.8 Å². The van der Waals surface area contributed by atoms with Gasteiger partial charge in [0.15, 0.2) is 0 Å². The van der Waals surface area contributed by atoms with Crippen LogP contribution in [0.4, 0.5) is 0 Å². The average molecular weight is 328 g/mol. The van der Waals surface area contributed by atoms with Gasteiger partial charge in [0, 0.05) is 0 Å². The molecule has 1 aromatic carbocycles. The van der Waals surface area contributed by atoms with Crippen LogP contribution in [-0.4, -0.2) is 31.4 Å². The van der Waals surface area contributed by atoms with E-state index in [1.54, 1.807) is 6.92 Å². The zero-order chi connectivity index (χ0) is 17.1. The average Bonchev–Trinajstić information content (AvgIpc) is 2.35. The number of sulfonamides is 1. The van der Waals surface area contributed by atoms with E-state index in [1.807, 2.05) is 13.8 Å². The molecule has 4 N–H and O–H groups in total. The van der Waals surface area contributed by atoms with Gasteiger partial charge in [-0.25, -0.2) is 18.4 Å². The summed E-state index contributed by atoms with van der Waals surface area (Å²) in [6.07, 6.45) is 0.234. The van der Waals surface area contributed by atoms with Gasteiger partial charge in [-0.1, -0.05) is 25.5 Å². The summed E-state index contributed by atoms with van der Waals surface area (Å²) in [6.45, 7) is 5.33. The van der Waals surface area contributed by atoms with Crippen LogP contribution in [0.2, 0.25) is 0 Å². The van der Waals surface area contributed by atoms with E-state index >= 15 is 0 Å². The summed E-state index contributed by atoms with van der Waals surface area (Å²) in [5.74, 6) is -1.90. The van der Waals surface area contributed by atoms with Crippen molar-refractivity contribution in [2.45, 2.75) is 38.1 Å². The highest BCUT2D eigenvalue weighted by Crippen LogP contribution is 2.17. The molecule has 0 saturated carbocycles. The van der Waals surface area contributed by atoms with Crippen molar-refractivity contribution in [2.75, 3.05) is 0 Å². The van der Waals surface area contributed by atoms with Crippen molar-refractivity contribution in [1.82, 2.24) is 5.32 Å². The number of aryl methyl sites for hydroxylation is 1. The first-order valence-corrected chi connectivity index (χ1v) is 8.24. The molecule has 0 radical (unpaired) electrons. The second kappa shape index (κ2) is 6.89. The van der Waals surface area contributed by atoms with E-state index in [1.165, 1.54) is 18.2 Å². The third-order valence-electron chi connectivity index (χ3n) is 3.00. The highest BCUT2D eigenvalue weighted by Gasteiger charge is 2.25. The van der Waals surface area contributed by atoms with Gasteiger partial charge in [-0.05, 0) is 31.4 Å². The number of hydrogen-bond donors (Lipinski definition) is 3.